The summed E-state index contributed by atoms with van der Waals surface area (Å²) in [5.41, 5.74) is 2.11. The van der Waals surface area contributed by atoms with Crippen LogP contribution in [0.1, 0.15) is 69.0 Å². The van der Waals surface area contributed by atoms with Crippen LogP contribution in [0, 0.1) is 11.3 Å². The molecule has 218 valence electrons. The van der Waals surface area contributed by atoms with Crippen molar-refractivity contribution in [2.45, 2.75) is 76.7 Å². The highest BCUT2D eigenvalue weighted by atomic mass is 35.5. The third-order valence-electron chi connectivity index (χ3n) is 8.92. The number of carboxylic acid groups (broad SMARTS) is 1. The number of carbonyl (C=O) groups excluding carboxylic acids is 1. The van der Waals surface area contributed by atoms with Gasteiger partial charge in [0.25, 0.3) is 0 Å². The van der Waals surface area contributed by atoms with Gasteiger partial charge >= 0.3 is 5.97 Å². The highest BCUT2D eigenvalue weighted by molar-refractivity contribution is 7.80. The molecule has 3 N–H and O–H groups in total. The molecular formula is C30H42ClN5O3S. The molecule has 1 saturated heterocycles. The molecule has 1 aromatic carbocycles. The Morgan fingerprint density at radius 2 is 1.88 bits per heavy atom. The number of imidazole rings is 1. The maximum absolute atomic E-state index is 13.9. The number of carbonyl (C=O) groups is 2. The second-order valence-corrected chi connectivity index (χ2v) is 12.3. The molecule has 4 rings (SSSR count). The molecule has 40 heavy (non-hydrogen) atoms. The number of aryl methyl sites for hydroxylation is 1. The highest BCUT2D eigenvalue weighted by Gasteiger charge is 2.43. The van der Waals surface area contributed by atoms with Crippen molar-refractivity contribution < 1.29 is 14.7 Å². The van der Waals surface area contributed by atoms with Crippen LogP contribution in [0.5, 0.6) is 0 Å². The maximum atomic E-state index is 13.9. The second-order valence-electron chi connectivity index (χ2n) is 11.4. The van der Waals surface area contributed by atoms with Crippen LogP contribution in [0.3, 0.4) is 0 Å². The van der Waals surface area contributed by atoms with E-state index >= 15 is 0 Å². The number of carboxylic acids is 1. The summed E-state index contributed by atoms with van der Waals surface area (Å²) in [4.78, 5) is 31.5. The average Bonchev–Trinajstić information content (AvgIpc) is 3.37. The van der Waals surface area contributed by atoms with Gasteiger partial charge < -0.3 is 25.2 Å². The summed E-state index contributed by atoms with van der Waals surface area (Å²) in [5, 5.41) is 17.1. The van der Waals surface area contributed by atoms with Crippen molar-refractivity contribution in [2.75, 3.05) is 19.6 Å². The minimum Gasteiger partial charge on any atom is -0.481 e. The van der Waals surface area contributed by atoms with Gasteiger partial charge in [-0.2, -0.15) is 0 Å². The minimum atomic E-state index is -0.731. The van der Waals surface area contributed by atoms with Gasteiger partial charge in [0.2, 0.25) is 5.91 Å². The molecule has 2 aromatic rings. The summed E-state index contributed by atoms with van der Waals surface area (Å²) in [6, 6.07) is 7.05. The van der Waals surface area contributed by atoms with Crippen molar-refractivity contribution in [3.63, 3.8) is 0 Å². The van der Waals surface area contributed by atoms with E-state index in [1.54, 1.807) is 6.33 Å². The monoisotopic (exact) mass is 587 g/mol. The number of piperidine rings is 1. The van der Waals surface area contributed by atoms with Crippen molar-refractivity contribution in [2.24, 2.45) is 18.4 Å². The molecule has 2 aliphatic rings. The summed E-state index contributed by atoms with van der Waals surface area (Å²) in [5.74, 6) is -0.149. The molecule has 1 atom stereocenters. The van der Waals surface area contributed by atoms with Crippen LogP contribution in [0.2, 0.25) is 5.02 Å². The lowest BCUT2D eigenvalue weighted by Crippen LogP contribution is -2.55. The molecule has 0 unspecified atom stereocenters. The third kappa shape index (κ3) is 8.19. The lowest BCUT2D eigenvalue weighted by Gasteiger charge is -2.48. The summed E-state index contributed by atoms with van der Waals surface area (Å²) in [7, 11) is 1.96. The first-order chi connectivity index (χ1) is 19.3. The van der Waals surface area contributed by atoms with E-state index in [4.69, 9.17) is 23.8 Å². The third-order valence-corrected chi connectivity index (χ3v) is 9.43. The van der Waals surface area contributed by atoms with Crippen molar-refractivity contribution in [3.05, 3.63) is 53.1 Å². The van der Waals surface area contributed by atoms with Crippen molar-refractivity contribution in [1.29, 1.82) is 0 Å². The first-order valence-electron chi connectivity index (χ1n) is 14.5. The molecule has 8 nitrogen and oxygen atoms in total. The number of aliphatic carboxylic acids is 1. The topological polar surface area (TPSA) is 99.5 Å². The molecule has 1 aliphatic carbocycles. The maximum Gasteiger partial charge on any atom is 0.303 e. The van der Waals surface area contributed by atoms with Crippen LogP contribution in [0.25, 0.3) is 0 Å². The van der Waals surface area contributed by atoms with E-state index in [9.17, 15) is 14.7 Å². The standard InChI is InChI=1S/C30H42ClN5O3S/c1-35-21-32-20-25(35)12-16-33-29(40)34-26(19-22-7-9-24(31)10-8-22)28(39)36-17-14-30(15-18-36,13-11-27(37)38)23-5-3-2-4-6-23/h7-10,20-21,23,26H,2-6,11-19H2,1H3,(H,37,38)(H2,33,34,40)/t26-/m1/s1. The van der Waals surface area contributed by atoms with Crippen molar-refractivity contribution in [3.8, 4) is 0 Å². The van der Waals surface area contributed by atoms with Gasteiger partial charge in [0.05, 0.1) is 6.33 Å². The number of halogens is 1. The molecule has 1 aromatic heterocycles. The van der Waals surface area contributed by atoms with Gasteiger partial charge in [-0.1, -0.05) is 43.0 Å². The van der Waals surface area contributed by atoms with Gasteiger partial charge in [0, 0.05) is 62.9 Å². The van der Waals surface area contributed by atoms with E-state index in [0.717, 1.165) is 30.5 Å². The molecule has 2 heterocycles. The van der Waals surface area contributed by atoms with Gasteiger partial charge in [0.1, 0.15) is 6.04 Å². The molecule has 1 saturated carbocycles. The molecule has 0 spiro atoms. The van der Waals surface area contributed by atoms with Crippen LogP contribution >= 0.6 is 23.8 Å². The summed E-state index contributed by atoms with van der Waals surface area (Å²) < 4.78 is 1.98. The Bertz CT molecular complexity index is 1140. The van der Waals surface area contributed by atoms with Gasteiger partial charge in [-0.3, -0.25) is 9.59 Å². The molecular weight excluding hydrogens is 546 g/mol. The molecule has 1 amide bonds. The predicted molar refractivity (Wildman–Crippen MR) is 161 cm³/mol. The van der Waals surface area contributed by atoms with Crippen LogP contribution in [-0.2, 0) is 29.5 Å². The number of nitrogens with one attached hydrogen (secondary N) is 2. The van der Waals surface area contributed by atoms with Gasteiger partial charge in [-0.05, 0) is 73.4 Å². The van der Waals surface area contributed by atoms with E-state index in [-0.39, 0.29) is 17.7 Å². The van der Waals surface area contributed by atoms with Gasteiger partial charge in [0.15, 0.2) is 5.11 Å². The second kappa shape index (κ2) is 14.3. The predicted octanol–water partition coefficient (Wildman–Crippen LogP) is 4.75. The van der Waals surface area contributed by atoms with Crippen LogP contribution in [0.15, 0.2) is 36.8 Å². The molecule has 2 fully saturated rings. The zero-order valence-electron chi connectivity index (χ0n) is 23.4. The number of thiocarbonyl (C=S) groups is 1. The number of hydrogen-bond donors (Lipinski definition) is 3. The Kier molecular flexibility index (Phi) is 10.8. The molecule has 0 bridgehead atoms. The largest absolute Gasteiger partial charge is 0.481 e. The number of rotatable bonds is 11. The van der Waals surface area contributed by atoms with E-state index in [1.165, 1.54) is 32.1 Å². The summed E-state index contributed by atoms with van der Waals surface area (Å²) in [6.07, 6.45) is 13.5. The van der Waals surface area contributed by atoms with Crippen molar-refractivity contribution >= 4 is 40.8 Å². The van der Waals surface area contributed by atoms with E-state index in [2.05, 4.69) is 15.6 Å². The van der Waals surface area contributed by atoms with E-state index < -0.39 is 12.0 Å². The fourth-order valence-electron chi connectivity index (χ4n) is 6.52. The highest BCUT2D eigenvalue weighted by Crippen LogP contribution is 2.49. The normalized spacial score (nSPS) is 18.2. The fourth-order valence-corrected chi connectivity index (χ4v) is 6.89. The van der Waals surface area contributed by atoms with Crippen LogP contribution < -0.4 is 10.6 Å². The first-order valence-corrected chi connectivity index (χ1v) is 15.3. The van der Waals surface area contributed by atoms with Gasteiger partial charge in [-0.25, -0.2) is 4.98 Å². The average molecular weight is 588 g/mol. The number of nitrogens with zero attached hydrogens (tertiary/aromatic N) is 3. The Hall–Kier alpha value is -2.65. The Balaban J connectivity index is 1.41. The zero-order valence-corrected chi connectivity index (χ0v) is 25.0. The molecule has 10 heteroatoms. The first kappa shape index (κ1) is 30.3. The number of hydrogen-bond acceptors (Lipinski definition) is 4. The number of aromatic nitrogens is 2. The van der Waals surface area contributed by atoms with Crippen LogP contribution in [0.4, 0.5) is 0 Å². The van der Waals surface area contributed by atoms with Crippen molar-refractivity contribution in [1.82, 2.24) is 25.1 Å². The van der Waals surface area contributed by atoms with Gasteiger partial charge in [-0.15, -0.1) is 0 Å². The Morgan fingerprint density at radius 1 is 1.18 bits per heavy atom. The summed E-state index contributed by atoms with van der Waals surface area (Å²) >= 11 is 11.7. The van der Waals surface area contributed by atoms with E-state index in [1.807, 2.05) is 47.0 Å². The SMILES string of the molecule is Cn1cncc1CCNC(=S)N[C@H](Cc1ccc(Cl)cc1)C(=O)N1CCC(CCC(=O)O)(C2CCCCC2)CC1. The molecule has 1 aliphatic heterocycles. The number of amides is 1. The van der Waals surface area contributed by atoms with E-state index in [0.29, 0.717) is 48.5 Å². The Morgan fingerprint density at radius 3 is 2.50 bits per heavy atom. The zero-order chi connectivity index (χ0) is 28.5. The molecule has 0 radical (unpaired) electrons. The summed E-state index contributed by atoms with van der Waals surface area (Å²) in [6.45, 7) is 1.92. The Labute approximate surface area is 247 Å². The number of benzene rings is 1. The smallest absolute Gasteiger partial charge is 0.303 e. The minimum absolute atomic E-state index is 0.0113. The lowest BCUT2D eigenvalue weighted by molar-refractivity contribution is -0.140. The van der Waals surface area contributed by atoms with Crippen LogP contribution in [-0.4, -0.2) is 62.2 Å². The lowest BCUT2D eigenvalue weighted by atomic mass is 9.61. The fraction of sp³-hybridized carbons (Fsp3) is 0.600. The number of likely N-dealkylation sites (tertiary alicyclic amines) is 1. The quantitative estimate of drug-likeness (QED) is 0.326.